The van der Waals surface area contributed by atoms with E-state index in [0.29, 0.717) is 18.5 Å². The van der Waals surface area contributed by atoms with Crippen molar-refractivity contribution in [1.29, 1.82) is 0 Å². The topological polar surface area (TPSA) is 65.5 Å². The number of rotatable bonds is 5. The summed E-state index contributed by atoms with van der Waals surface area (Å²) in [5.74, 6) is 0.0274. The molecule has 2 saturated heterocycles. The Labute approximate surface area is 156 Å². The van der Waals surface area contributed by atoms with Gasteiger partial charge in [-0.3, -0.25) is 9.59 Å². The first-order valence-corrected chi connectivity index (χ1v) is 9.97. The van der Waals surface area contributed by atoms with Crippen molar-refractivity contribution in [3.63, 3.8) is 0 Å². The fourth-order valence-corrected chi connectivity index (χ4v) is 4.30. The number of aromatic nitrogens is 1. The highest BCUT2D eigenvalue weighted by atomic mass is 32.1. The summed E-state index contributed by atoms with van der Waals surface area (Å²) in [6.07, 6.45) is 3.96. The Bertz CT molecular complexity index is 796. The van der Waals surface area contributed by atoms with E-state index in [1.807, 2.05) is 17.5 Å². The van der Waals surface area contributed by atoms with E-state index in [-0.39, 0.29) is 11.8 Å². The van der Waals surface area contributed by atoms with Crippen LogP contribution >= 0.6 is 11.3 Å². The molecule has 0 aliphatic carbocycles. The average Bonchev–Trinajstić information content (AvgIpc) is 3.41. The van der Waals surface area contributed by atoms with Crippen LogP contribution < -0.4 is 15.1 Å². The highest BCUT2D eigenvalue weighted by Crippen LogP contribution is 2.24. The maximum atomic E-state index is 12.4. The molecule has 0 radical (unpaired) electrons. The Kier molecular flexibility index (Phi) is 4.88. The molecule has 0 atom stereocenters. The Morgan fingerprint density at radius 3 is 2.58 bits per heavy atom. The highest BCUT2D eigenvalue weighted by molar-refractivity contribution is 7.13. The number of thiazole rings is 1. The zero-order chi connectivity index (χ0) is 17.9. The number of hydrogen-bond acceptors (Lipinski definition) is 5. The van der Waals surface area contributed by atoms with Gasteiger partial charge in [-0.2, -0.15) is 0 Å². The fraction of sp³-hybridized carbons (Fsp3) is 0.421. The minimum absolute atomic E-state index is 0.125. The molecule has 3 heterocycles. The molecule has 0 spiro atoms. The monoisotopic (exact) mass is 370 g/mol. The number of hydrogen-bond donors (Lipinski definition) is 1. The van der Waals surface area contributed by atoms with Crippen molar-refractivity contribution >= 4 is 34.0 Å². The Morgan fingerprint density at radius 2 is 1.88 bits per heavy atom. The van der Waals surface area contributed by atoms with E-state index in [2.05, 4.69) is 15.2 Å². The van der Waals surface area contributed by atoms with Crippen molar-refractivity contribution in [2.24, 2.45) is 0 Å². The van der Waals surface area contributed by atoms with E-state index >= 15 is 0 Å². The lowest BCUT2D eigenvalue weighted by molar-refractivity contribution is -0.117. The molecule has 2 amide bonds. The van der Waals surface area contributed by atoms with Gasteiger partial charge in [-0.05, 0) is 43.5 Å². The lowest BCUT2D eigenvalue weighted by atomic mass is 10.2. The quantitative estimate of drug-likeness (QED) is 0.879. The van der Waals surface area contributed by atoms with Gasteiger partial charge in [0.25, 0.3) is 5.91 Å². The molecule has 2 aliphatic heterocycles. The number of nitrogens with one attached hydrogen (secondary N) is 1. The molecule has 7 heteroatoms. The molecule has 1 aromatic carbocycles. The van der Waals surface area contributed by atoms with E-state index in [1.54, 1.807) is 28.4 Å². The van der Waals surface area contributed by atoms with Gasteiger partial charge in [-0.25, -0.2) is 4.98 Å². The second-order valence-corrected chi connectivity index (χ2v) is 7.53. The molecule has 1 N–H and O–H groups in total. The standard InChI is InChI=1S/C19H22N4O2S/c24-17-4-3-11-23(17)16-7-5-14(6-8-16)18(25)20-12-15-13-26-19(21-15)22-9-1-2-10-22/h5-8,13H,1-4,9-12H2,(H,20,25). The van der Waals surface area contributed by atoms with Gasteiger partial charge in [-0.1, -0.05) is 0 Å². The number of nitrogens with zero attached hydrogens (tertiary/aromatic N) is 3. The Balaban J connectivity index is 1.34. The second kappa shape index (κ2) is 7.45. The molecular weight excluding hydrogens is 348 g/mol. The van der Waals surface area contributed by atoms with E-state index in [1.165, 1.54) is 12.8 Å². The first-order valence-electron chi connectivity index (χ1n) is 9.09. The highest BCUT2D eigenvalue weighted by Gasteiger charge is 2.21. The van der Waals surface area contributed by atoms with Gasteiger partial charge in [-0.15, -0.1) is 11.3 Å². The smallest absolute Gasteiger partial charge is 0.251 e. The number of carbonyl (C=O) groups is 2. The normalized spacial score (nSPS) is 17.2. The van der Waals surface area contributed by atoms with Crippen molar-refractivity contribution in [1.82, 2.24) is 10.3 Å². The van der Waals surface area contributed by atoms with E-state index in [9.17, 15) is 9.59 Å². The van der Waals surface area contributed by atoms with Crippen LogP contribution in [0.15, 0.2) is 29.6 Å². The maximum Gasteiger partial charge on any atom is 0.251 e. The number of anilines is 2. The van der Waals surface area contributed by atoms with Crippen LogP contribution in [0.4, 0.5) is 10.8 Å². The minimum atomic E-state index is -0.125. The molecule has 2 fully saturated rings. The lowest BCUT2D eigenvalue weighted by Gasteiger charge is -2.15. The van der Waals surface area contributed by atoms with Gasteiger partial charge in [0.05, 0.1) is 12.2 Å². The summed E-state index contributed by atoms with van der Waals surface area (Å²) in [6.45, 7) is 3.33. The summed E-state index contributed by atoms with van der Waals surface area (Å²) < 4.78 is 0. The predicted octanol–water partition coefficient (Wildman–Crippen LogP) is 2.80. The van der Waals surface area contributed by atoms with Gasteiger partial charge >= 0.3 is 0 Å². The first kappa shape index (κ1) is 17.0. The van der Waals surface area contributed by atoms with Crippen LogP contribution in [0.25, 0.3) is 0 Å². The Morgan fingerprint density at radius 1 is 1.12 bits per heavy atom. The van der Waals surface area contributed by atoms with E-state index in [4.69, 9.17) is 0 Å². The molecule has 2 aromatic rings. The molecule has 6 nitrogen and oxygen atoms in total. The van der Waals surface area contributed by atoms with E-state index < -0.39 is 0 Å². The molecule has 0 saturated carbocycles. The summed E-state index contributed by atoms with van der Waals surface area (Å²) in [5.41, 5.74) is 2.35. The van der Waals surface area contributed by atoms with Crippen molar-refractivity contribution in [3.05, 3.63) is 40.9 Å². The summed E-state index contributed by atoms with van der Waals surface area (Å²) in [6, 6.07) is 7.22. The van der Waals surface area contributed by atoms with Crippen LogP contribution in [0, 0.1) is 0 Å². The largest absolute Gasteiger partial charge is 0.348 e. The fourth-order valence-electron chi connectivity index (χ4n) is 3.42. The van der Waals surface area contributed by atoms with Gasteiger partial charge in [0, 0.05) is 42.7 Å². The van der Waals surface area contributed by atoms with Crippen LogP contribution in [-0.2, 0) is 11.3 Å². The minimum Gasteiger partial charge on any atom is -0.348 e. The van der Waals surface area contributed by atoms with Gasteiger partial charge in [0.1, 0.15) is 0 Å². The number of benzene rings is 1. The summed E-state index contributed by atoms with van der Waals surface area (Å²) >= 11 is 1.64. The first-order chi connectivity index (χ1) is 12.7. The molecule has 0 bridgehead atoms. The van der Waals surface area contributed by atoms with Crippen LogP contribution in [-0.4, -0.2) is 36.4 Å². The van der Waals surface area contributed by atoms with Gasteiger partial charge < -0.3 is 15.1 Å². The molecule has 2 aliphatic rings. The van der Waals surface area contributed by atoms with Crippen LogP contribution in [0.3, 0.4) is 0 Å². The third-order valence-electron chi connectivity index (χ3n) is 4.86. The van der Waals surface area contributed by atoms with E-state index in [0.717, 1.165) is 42.6 Å². The molecular formula is C19H22N4O2S. The predicted molar refractivity (Wildman–Crippen MR) is 103 cm³/mol. The van der Waals surface area contributed by atoms with Crippen LogP contribution in [0.5, 0.6) is 0 Å². The molecule has 1 aromatic heterocycles. The van der Waals surface area contributed by atoms with Gasteiger partial charge in [0.15, 0.2) is 5.13 Å². The summed E-state index contributed by atoms with van der Waals surface area (Å²) in [7, 11) is 0. The average molecular weight is 370 g/mol. The molecule has 0 unspecified atom stereocenters. The maximum absolute atomic E-state index is 12.4. The van der Waals surface area contributed by atoms with Crippen LogP contribution in [0.1, 0.15) is 41.7 Å². The summed E-state index contributed by atoms with van der Waals surface area (Å²) in [4.78, 5) is 32.8. The SMILES string of the molecule is O=C(NCc1csc(N2CCCC2)n1)c1ccc(N2CCCC2=O)cc1. The van der Waals surface area contributed by atoms with Crippen molar-refractivity contribution in [2.75, 3.05) is 29.4 Å². The molecule has 4 rings (SSSR count). The zero-order valence-electron chi connectivity index (χ0n) is 14.6. The Hall–Kier alpha value is -2.41. The van der Waals surface area contributed by atoms with Crippen molar-refractivity contribution < 1.29 is 9.59 Å². The molecule has 136 valence electrons. The zero-order valence-corrected chi connectivity index (χ0v) is 15.4. The lowest BCUT2D eigenvalue weighted by Crippen LogP contribution is -2.25. The van der Waals surface area contributed by atoms with Crippen molar-refractivity contribution in [3.8, 4) is 0 Å². The third kappa shape index (κ3) is 3.58. The number of amides is 2. The molecule has 26 heavy (non-hydrogen) atoms. The summed E-state index contributed by atoms with van der Waals surface area (Å²) in [5, 5.41) is 5.98. The van der Waals surface area contributed by atoms with Gasteiger partial charge in [0.2, 0.25) is 5.91 Å². The number of carbonyl (C=O) groups excluding carboxylic acids is 2. The second-order valence-electron chi connectivity index (χ2n) is 6.69. The van der Waals surface area contributed by atoms with Crippen molar-refractivity contribution in [2.45, 2.75) is 32.2 Å². The third-order valence-corrected chi connectivity index (χ3v) is 5.81. The van der Waals surface area contributed by atoms with Crippen LogP contribution in [0.2, 0.25) is 0 Å².